The van der Waals surface area contributed by atoms with E-state index < -0.39 is 11.7 Å². The van der Waals surface area contributed by atoms with Gasteiger partial charge in [0, 0.05) is 12.7 Å². The zero-order valence-corrected chi connectivity index (χ0v) is 11.5. The summed E-state index contributed by atoms with van der Waals surface area (Å²) in [6, 6.07) is 8.59. The van der Waals surface area contributed by atoms with Gasteiger partial charge in [0.25, 0.3) is 0 Å². The van der Waals surface area contributed by atoms with Gasteiger partial charge in [-0.05, 0) is 29.8 Å². The Hall–Kier alpha value is -2.77. The predicted octanol–water partition coefficient (Wildman–Crippen LogP) is 2.16. The summed E-state index contributed by atoms with van der Waals surface area (Å²) in [6.45, 7) is 0.411. The Kier molecular flexibility index (Phi) is 4.50. The van der Waals surface area contributed by atoms with Crippen molar-refractivity contribution in [1.29, 1.82) is 0 Å². The van der Waals surface area contributed by atoms with Crippen LogP contribution < -0.4 is 11.5 Å². The lowest BCUT2D eigenvalue weighted by Gasteiger charge is -2.09. The smallest absolute Gasteiger partial charge is 0.369 e. The van der Waals surface area contributed by atoms with Crippen molar-refractivity contribution in [3.8, 4) is 0 Å². The molecule has 0 saturated heterocycles. The third-order valence-electron chi connectivity index (χ3n) is 2.86. The highest BCUT2D eigenvalue weighted by Gasteiger charge is 2.29. The number of hydrogen-bond acceptors (Lipinski definition) is 2. The van der Waals surface area contributed by atoms with E-state index >= 15 is 0 Å². The highest BCUT2D eigenvalue weighted by Crippen LogP contribution is 2.29. The van der Waals surface area contributed by atoms with Crippen molar-refractivity contribution in [1.82, 2.24) is 4.57 Å². The first-order valence-corrected chi connectivity index (χ1v) is 6.29. The van der Waals surface area contributed by atoms with Crippen LogP contribution in [0.15, 0.2) is 52.8 Å². The Balaban J connectivity index is 2.13. The molecule has 0 spiro atoms. The van der Waals surface area contributed by atoms with Gasteiger partial charge in [-0.2, -0.15) is 18.3 Å². The summed E-state index contributed by atoms with van der Waals surface area (Å²) < 4.78 is 39.3. The van der Waals surface area contributed by atoms with E-state index in [4.69, 9.17) is 11.5 Å². The van der Waals surface area contributed by atoms with Gasteiger partial charge in [0.2, 0.25) is 5.96 Å². The number of guanidine groups is 1. The normalized spacial score (nSPS) is 11.8. The average molecular weight is 309 g/mol. The van der Waals surface area contributed by atoms with Crippen molar-refractivity contribution in [3.63, 3.8) is 0 Å². The number of alkyl halides is 3. The summed E-state index contributed by atoms with van der Waals surface area (Å²) in [5.41, 5.74) is 11.1. The molecule has 0 fully saturated rings. The third kappa shape index (κ3) is 4.11. The molecule has 0 radical (unpaired) electrons. The van der Waals surface area contributed by atoms with Gasteiger partial charge in [-0.3, -0.25) is 0 Å². The number of aromatic nitrogens is 1. The quantitative estimate of drug-likeness (QED) is 0.515. The minimum absolute atomic E-state index is 0.155. The minimum Gasteiger partial charge on any atom is -0.369 e. The lowest BCUT2D eigenvalue weighted by molar-refractivity contribution is -0.137. The molecule has 0 atom stereocenters. The molecule has 1 aromatic heterocycles. The van der Waals surface area contributed by atoms with Crippen LogP contribution in [0.25, 0.3) is 0 Å². The maximum atomic E-state index is 12.5. The molecule has 1 heterocycles. The zero-order valence-electron chi connectivity index (χ0n) is 11.5. The molecule has 0 saturated carbocycles. The molecular formula is C14H14F3N5. The van der Waals surface area contributed by atoms with Crippen LogP contribution >= 0.6 is 0 Å². The first-order chi connectivity index (χ1) is 10.4. The molecule has 0 aliphatic rings. The average Bonchev–Trinajstić information content (AvgIpc) is 2.85. The van der Waals surface area contributed by atoms with Gasteiger partial charge in [0.1, 0.15) is 0 Å². The summed E-state index contributed by atoms with van der Waals surface area (Å²) in [5.74, 6) is -0.155. The SMILES string of the molecule is NC(N)=NN=Cc1cccn1Cc1ccc(C(F)(F)F)cc1. The molecule has 0 aliphatic heterocycles. The Morgan fingerprint density at radius 1 is 1.14 bits per heavy atom. The number of rotatable bonds is 4. The Morgan fingerprint density at radius 2 is 1.82 bits per heavy atom. The van der Waals surface area contributed by atoms with E-state index in [1.807, 2.05) is 4.57 Å². The van der Waals surface area contributed by atoms with E-state index in [2.05, 4.69) is 10.2 Å². The summed E-state index contributed by atoms with van der Waals surface area (Å²) in [7, 11) is 0. The Morgan fingerprint density at radius 3 is 2.41 bits per heavy atom. The number of hydrogen-bond donors (Lipinski definition) is 2. The predicted molar refractivity (Wildman–Crippen MR) is 78.4 cm³/mol. The second-order valence-electron chi connectivity index (χ2n) is 4.53. The maximum absolute atomic E-state index is 12.5. The van der Waals surface area contributed by atoms with Gasteiger partial charge in [0.05, 0.1) is 17.5 Å². The molecule has 1 aromatic carbocycles. The van der Waals surface area contributed by atoms with Gasteiger partial charge < -0.3 is 16.0 Å². The second-order valence-corrected chi connectivity index (χ2v) is 4.53. The first kappa shape index (κ1) is 15.6. The molecule has 8 heteroatoms. The molecular weight excluding hydrogens is 295 g/mol. The van der Waals surface area contributed by atoms with Gasteiger partial charge in [-0.25, -0.2) is 0 Å². The van der Waals surface area contributed by atoms with Crippen LogP contribution in [0, 0.1) is 0 Å². The third-order valence-corrected chi connectivity index (χ3v) is 2.86. The number of benzene rings is 1. The Bertz CT molecular complexity index is 679. The summed E-state index contributed by atoms with van der Waals surface area (Å²) >= 11 is 0. The molecule has 0 aliphatic carbocycles. The lowest BCUT2D eigenvalue weighted by atomic mass is 10.1. The largest absolute Gasteiger partial charge is 0.416 e. The van der Waals surface area contributed by atoms with Crippen LogP contribution in [0.3, 0.4) is 0 Å². The van der Waals surface area contributed by atoms with E-state index in [1.165, 1.54) is 18.3 Å². The molecule has 0 bridgehead atoms. The molecule has 2 rings (SSSR count). The number of nitrogens with two attached hydrogens (primary N) is 2. The van der Waals surface area contributed by atoms with E-state index in [9.17, 15) is 13.2 Å². The number of halogens is 3. The van der Waals surface area contributed by atoms with Crippen molar-refractivity contribution in [3.05, 3.63) is 59.4 Å². The van der Waals surface area contributed by atoms with Crippen molar-refractivity contribution in [2.45, 2.75) is 12.7 Å². The molecule has 116 valence electrons. The highest BCUT2D eigenvalue weighted by molar-refractivity contribution is 5.80. The van der Waals surface area contributed by atoms with Crippen LogP contribution in [0.2, 0.25) is 0 Å². The maximum Gasteiger partial charge on any atom is 0.416 e. The topological polar surface area (TPSA) is 81.7 Å². The standard InChI is InChI=1S/C14H14F3N5/c15-14(16,17)11-5-3-10(4-6-11)9-22-7-1-2-12(22)8-20-21-13(18)19/h1-8H,9H2,(H4,18,19,21). The fourth-order valence-electron chi connectivity index (χ4n) is 1.84. The van der Waals surface area contributed by atoms with E-state index in [0.29, 0.717) is 6.54 Å². The molecule has 2 aromatic rings. The van der Waals surface area contributed by atoms with Crippen molar-refractivity contribution >= 4 is 12.2 Å². The van der Waals surface area contributed by atoms with E-state index in [-0.39, 0.29) is 5.96 Å². The second kappa shape index (κ2) is 6.33. The molecule has 4 N–H and O–H groups in total. The lowest BCUT2D eigenvalue weighted by Crippen LogP contribution is -2.21. The van der Waals surface area contributed by atoms with Gasteiger partial charge in [-0.1, -0.05) is 12.1 Å². The van der Waals surface area contributed by atoms with Gasteiger partial charge >= 0.3 is 6.18 Å². The van der Waals surface area contributed by atoms with Crippen LogP contribution in [-0.4, -0.2) is 16.7 Å². The monoisotopic (exact) mass is 309 g/mol. The molecule has 0 unspecified atom stereocenters. The van der Waals surface area contributed by atoms with Crippen LogP contribution in [-0.2, 0) is 12.7 Å². The van der Waals surface area contributed by atoms with Gasteiger partial charge in [0.15, 0.2) is 0 Å². The minimum atomic E-state index is -4.33. The fourth-order valence-corrected chi connectivity index (χ4v) is 1.84. The van der Waals surface area contributed by atoms with E-state index in [0.717, 1.165) is 23.4 Å². The molecule has 5 nitrogen and oxygen atoms in total. The van der Waals surface area contributed by atoms with Crippen molar-refractivity contribution in [2.24, 2.45) is 21.7 Å². The summed E-state index contributed by atoms with van der Waals surface area (Å²) in [6.07, 6.45) is -1.08. The van der Waals surface area contributed by atoms with Crippen molar-refractivity contribution in [2.75, 3.05) is 0 Å². The Labute approximate surface area is 124 Å². The van der Waals surface area contributed by atoms with Gasteiger partial charge in [-0.15, -0.1) is 5.10 Å². The van der Waals surface area contributed by atoms with Crippen LogP contribution in [0.5, 0.6) is 0 Å². The van der Waals surface area contributed by atoms with E-state index in [1.54, 1.807) is 18.3 Å². The van der Waals surface area contributed by atoms with Crippen molar-refractivity contribution < 1.29 is 13.2 Å². The first-order valence-electron chi connectivity index (χ1n) is 6.29. The molecule has 22 heavy (non-hydrogen) atoms. The summed E-state index contributed by atoms with van der Waals surface area (Å²) in [4.78, 5) is 0. The van der Waals surface area contributed by atoms with Crippen LogP contribution in [0.4, 0.5) is 13.2 Å². The highest BCUT2D eigenvalue weighted by atomic mass is 19.4. The van der Waals surface area contributed by atoms with Crippen LogP contribution in [0.1, 0.15) is 16.8 Å². The summed E-state index contributed by atoms with van der Waals surface area (Å²) in [5, 5.41) is 7.19. The fraction of sp³-hybridized carbons (Fsp3) is 0.143. The zero-order chi connectivity index (χ0) is 16.2. The molecule has 0 amide bonds. The number of nitrogens with zero attached hydrogens (tertiary/aromatic N) is 3.